The largest absolute Gasteiger partial charge is 0.477 e. The van der Waals surface area contributed by atoms with Crippen molar-refractivity contribution in [2.24, 2.45) is 11.8 Å². The second kappa shape index (κ2) is 9.38. The molecule has 0 aliphatic heterocycles. The predicted octanol–water partition coefficient (Wildman–Crippen LogP) is 6.67. The van der Waals surface area contributed by atoms with Crippen LogP contribution in [0, 0.1) is 11.8 Å². The Morgan fingerprint density at radius 1 is 1.21 bits per heavy atom. The highest BCUT2D eigenvalue weighted by Crippen LogP contribution is 2.44. The smallest absolute Gasteiger partial charge is 0.345 e. The van der Waals surface area contributed by atoms with Gasteiger partial charge >= 0.3 is 5.97 Å². The van der Waals surface area contributed by atoms with E-state index in [2.05, 4.69) is 28.1 Å². The Morgan fingerprint density at radius 2 is 1.93 bits per heavy atom. The van der Waals surface area contributed by atoms with Crippen LogP contribution in [0.1, 0.15) is 71.3 Å². The number of hydrogen-bond acceptors (Lipinski definition) is 3. The zero-order valence-electron chi connectivity index (χ0n) is 16.3. The van der Waals surface area contributed by atoms with E-state index in [1.165, 1.54) is 27.0 Å². The molecule has 1 heterocycles. The van der Waals surface area contributed by atoms with Crippen molar-refractivity contribution in [3.05, 3.63) is 61.8 Å². The lowest BCUT2D eigenvalue weighted by atomic mass is 9.89. The zero-order chi connectivity index (χ0) is 20.3. The molecule has 2 atom stereocenters. The van der Waals surface area contributed by atoms with Crippen LogP contribution in [0.25, 0.3) is 5.57 Å². The minimum atomic E-state index is -0.841. The molecule has 0 radical (unpaired) electrons. The zero-order valence-corrected chi connectivity index (χ0v) is 18.7. The van der Waals surface area contributed by atoms with Gasteiger partial charge < -0.3 is 10.2 Å². The van der Waals surface area contributed by atoms with Gasteiger partial charge in [-0.3, -0.25) is 0 Å². The number of thiophene rings is 1. The molecule has 0 fully saturated rings. The van der Waals surface area contributed by atoms with Crippen LogP contribution in [0.15, 0.2) is 40.9 Å². The van der Waals surface area contributed by atoms with Crippen LogP contribution in [0.3, 0.4) is 0 Å². The van der Waals surface area contributed by atoms with Gasteiger partial charge in [0.15, 0.2) is 0 Å². The van der Waals surface area contributed by atoms with Gasteiger partial charge in [0.1, 0.15) is 4.88 Å². The fraction of sp³-hybridized carbons (Fsp3) is 0.435. The van der Waals surface area contributed by atoms with E-state index in [0.717, 1.165) is 42.5 Å². The van der Waals surface area contributed by atoms with Crippen molar-refractivity contribution in [1.29, 1.82) is 0 Å². The van der Waals surface area contributed by atoms with Crippen molar-refractivity contribution in [3.8, 4) is 0 Å². The van der Waals surface area contributed by atoms with E-state index in [1.54, 1.807) is 6.07 Å². The minimum absolute atomic E-state index is 0.204. The molecule has 28 heavy (non-hydrogen) atoms. The first-order valence-corrected chi connectivity index (χ1v) is 11.5. The van der Waals surface area contributed by atoms with Crippen molar-refractivity contribution in [1.82, 2.24) is 0 Å². The molecule has 3 rings (SSSR count). The number of aliphatic hydroxyl groups is 1. The van der Waals surface area contributed by atoms with E-state index in [0.29, 0.717) is 10.8 Å². The Morgan fingerprint density at radius 3 is 2.54 bits per heavy atom. The molecule has 150 valence electrons. The van der Waals surface area contributed by atoms with Crippen LogP contribution in [-0.4, -0.2) is 16.2 Å². The Bertz CT molecular complexity index is 851. The monoisotopic (exact) mass is 462 g/mol. The fourth-order valence-corrected chi connectivity index (χ4v) is 5.55. The van der Waals surface area contributed by atoms with Crippen LogP contribution in [0.4, 0.5) is 0 Å². The molecule has 1 aliphatic rings. The first-order chi connectivity index (χ1) is 13.4. The van der Waals surface area contributed by atoms with Gasteiger partial charge in [-0.15, -0.1) is 11.3 Å². The minimum Gasteiger partial charge on any atom is -0.477 e. The molecule has 1 unspecified atom stereocenters. The van der Waals surface area contributed by atoms with Crippen molar-refractivity contribution in [2.75, 3.05) is 0 Å². The van der Waals surface area contributed by atoms with Crippen molar-refractivity contribution < 1.29 is 15.0 Å². The molecule has 0 saturated carbocycles. The maximum Gasteiger partial charge on any atom is 0.345 e. The summed E-state index contributed by atoms with van der Waals surface area (Å²) in [5.41, 5.74) is 3.60. The summed E-state index contributed by atoms with van der Waals surface area (Å²) in [4.78, 5) is 12.6. The van der Waals surface area contributed by atoms with Gasteiger partial charge in [0.25, 0.3) is 0 Å². The number of allylic oxidation sites excluding steroid dienone is 2. The number of rotatable bonds is 8. The molecular formula is C23H27BrO3S. The summed E-state index contributed by atoms with van der Waals surface area (Å²) in [6, 6.07) is 12.0. The molecular weight excluding hydrogens is 436 g/mol. The third-order valence-corrected chi connectivity index (χ3v) is 7.41. The number of halogens is 1. The molecule has 0 spiro atoms. The highest BCUT2D eigenvalue weighted by Gasteiger charge is 2.25. The van der Waals surface area contributed by atoms with Crippen LogP contribution in [0.5, 0.6) is 0 Å². The third kappa shape index (κ3) is 4.94. The van der Waals surface area contributed by atoms with Crippen LogP contribution >= 0.6 is 27.3 Å². The number of aromatic carboxylic acids is 1. The van der Waals surface area contributed by atoms with Crippen molar-refractivity contribution in [2.45, 2.75) is 52.1 Å². The Hall–Kier alpha value is -1.43. The van der Waals surface area contributed by atoms with Gasteiger partial charge in [0, 0.05) is 4.88 Å². The maximum absolute atomic E-state index is 11.0. The lowest BCUT2D eigenvalue weighted by Crippen LogP contribution is -2.05. The lowest BCUT2D eigenvalue weighted by Gasteiger charge is -2.18. The Labute approximate surface area is 179 Å². The van der Waals surface area contributed by atoms with E-state index in [4.69, 9.17) is 5.11 Å². The molecule has 3 nitrogen and oxygen atoms in total. The topological polar surface area (TPSA) is 57.5 Å². The van der Waals surface area contributed by atoms with Gasteiger partial charge in [0.05, 0.1) is 6.10 Å². The van der Waals surface area contributed by atoms with Crippen molar-refractivity contribution >= 4 is 38.8 Å². The molecule has 1 aromatic heterocycles. The van der Waals surface area contributed by atoms with Crippen molar-refractivity contribution in [3.63, 3.8) is 0 Å². The summed E-state index contributed by atoms with van der Waals surface area (Å²) in [6.45, 7) is 4.05. The Balaban J connectivity index is 1.63. The van der Waals surface area contributed by atoms with Gasteiger partial charge in [0.2, 0.25) is 0 Å². The van der Waals surface area contributed by atoms with E-state index >= 15 is 0 Å². The van der Waals surface area contributed by atoms with Gasteiger partial charge in [-0.2, -0.15) is 0 Å². The molecule has 0 saturated heterocycles. The number of benzene rings is 1. The van der Waals surface area contributed by atoms with Crippen LogP contribution in [0.2, 0.25) is 0 Å². The molecule has 2 aromatic rings. The van der Waals surface area contributed by atoms with E-state index < -0.39 is 12.1 Å². The lowest BCUT2D eigenvalue weighted by molar-refractivity contribution is 0.0702. The summed E-state index contributed by atoms with van der Waals surface area (Å²) < 4.78 is 1.29. The van der Waals surface area contributed by atoms with E-state index in [-0.39, 0.29) is 5.92 Å². The van der Waals surface area contributed by atoms with Crippen LogP contribution < -0.4 is 0 Å². The van der Waals surface area contributed by atoms with E-state index in [9.17, 15) is 9.90 Å². The summed E-state index contributed by atoms with van der Waals surface area (Å²) in [5.74, 6) is -0.115. The number of aliphatic hydroxyl groups excluding tert-OH is 1. The second-order valence-corrected chi connectivity index (χ2v) is 9.95. The highest BCUT2D eigenvalue weighted by atomic mass is 79.9. The summed E-state index contributed by atoms with van der Waals surface area (Å²) >= 11 is 5.16. The first-order valence-electron chi connectivity index (χ1n) is 9.85. The summed E-state index contributed by atoms with van der Waals surface area (Å²) in [6.07, 6.45) is 4.88. The number of hydrogen-bond donors (Lipinski definition) is 2. The predicted molar refractivity (Wildman–Crippen MR) is 119 cm³/mol. The maximum atomic E-state index is 11.0. The average Bonchev–Trinajstić information content (AvgIpc) is 3.28. The highest BCUT2D eigenvalue weighted by molar-refractivity contribution is 9.11. The summed E-state index contributed by atoms with van der Waals surface area (Å²) in [5, 5.41) is 19.3. The number of aryl methyl sites for hydroxylation is 1. The third-order valence-electron chi connectivity index (χ3n) is 5.46. The average molecular weight is 463 g/mol. The number of carboxylic acid groups (broad SMARTS) is 1. The molecule has 2 N–H and O–H groups in total. The standard InChI is InChI=1S/C23H27BrO3S/c1-14(2)22(25)17-8-6-16(7-9-17)21-15(10-12-19(21)24)4-3-5-18-11-13-20(28-18)23(26)27/h6-9,11,13-15,22,25H,3-5,10,12H2,1-2H3,(H,26,27)/t15-,22?/m0/s1. The molecule has 0 bridgehead atoms. The normalized spacial score (nSPS) is 18.1. The fourth-order valence-electron chi connectivity index (χ4n) is 3.88. The number of carboxylic acids is 1. The SMILES string of the molecule is CC(C)C(O)c1ccc(C2=C(Br)CC[C@@H]2CCCc2ccc(C(=O)O)s2)cc1. The second-order valence-electron chi connectivity index (χ2n) is 7.83. The Kier molecular flexibility index (Phi) is 7.13. The quantitative estimate of drug-likeness (QED) is 0.460. The molecule has 1 aromatic carbocycles. The molecule has 0 amide bonds. The molecule has 1 aliphatic carbocycles. The summed E-state index contributed by atoms with van der Waals surface area (Å²) in [7, 11) is 0. The van der Waals surface area contributed by atoms with Gasteiger partial charge in [-0.05, 0) is 77.3 Å². The first kappa shape index (κ1) is 21.3. The number of carbonyl (C=O) groups is 1. The molecule has 5 heteroatoms. The van der Waals surface area contributed by atoms with Crippen LogP contribution in [-0.2, 0) is 6.42 Å². The van der Waals surface area contributed by atoms with Gasteiger partial charge in [-0.25, -0.2) is 4.79 Å². The van der Waals surface area contributed by atoms with E-state index in [1.807, 2.05) is 32.0 Å². The van der Waals surface area contributed by atoms with Gasteiger partial charge in [-0.1, -0.05) is 54.0 Å².